The molecule has 0 aromatic rings. The summed E-state index contributed by atoms with van der Waals surface area (Å²) in [6, 6.07) is 0. The highest BCUT2D eigenvalue weighted by Crippen LogP contribution is 2.69. The Balaban J connectivity index is 1.30. The zero-order valence-corrected chi connectivity index (χ0v) is 28.0. The highest BCUT2D eigenvalue weighted by molar-refractivity contribution is 8.45. The normalized spacial score (nSPS) is 25.6. The van der Waals surface area contributed by atoms with Crippen LogP contribution in [0.3, 0.4) is 0 Å². The van der Waals surface area contributed by atoms with Gasteiger partial charge in [-0.25, -0.2) is 0 Å². The maximum atomic E-state index is 5.97. The summed E-state index contributed by atoms with van der Waals surface area (Å²) in [5, 5.41) is 1.33. The lowest BCUT2D eigenvalue weighted by molar-refractivity contribution is -0.117. The van der Waals surface area contributed by atoms with E-state index < -0.39 is 0 Å². The maximum Gasteiger partial charge on any atom is 0.146 e. The van der Waals surface area contributed by atoms with E-state index in [2.05, 4.69) is 13.8 Å². The second-order valence-electron chi connectivity index (χ2n) is 8.59. The third-order valence-corrected chi connectivity index (χ3v) is 18.5. The fourth-order valence-electron chi connectivity index (χ4n) is 3.29. The molecule has 0 N–H and O–H groups in total. The first kappa shape index (κ1) is 31.7. The molecular weight excluding hydrogens is 629 g/mol. The monoisotopic (exact) mass is 662 g/mol. The number of hydrogen-bond donors (Lipinski definition) is 0. The largest absolute Gasteiger partial charge is 0.382 e. The molecule has 0 unspecified atom stereocenters. The molecule has 4 aliphatic rings. The molecule has 2 atom stereocenters. The first-order valence-corrected chi connectivity index (χ1v) is 18.9. The van der Waals surface area contributed by atoms with Crippen molar-refractivity contribution in [1.29, 1.82) is 0 Å². The van der Waals surface area contributed by atoms with E-state index in [-0.39, 0.29) is 19.0 Å². The van der Waals surface area contributed by atoms with Gasteiger partial charge >= 0.3 is 0 Å². The van der Waals surface area contributed by atoms with Crippen LogP contribution in [0.15, 0.2) is 25.4 Å². The van der Waals surface area contributed by atoms with Crippen LogP contribution in [0.5, 0.6) is 0 Å². The van der Waals surface area contributed by atoms with E-state index in [9.17, 15) is 0 Å². The molecule has 0 fully saturated rings. The van der Waals surface area contributed by atoms with Crippen molar-refractivity contribution >= 4 is 94.1 Å². The second-order valence-corrected chi connectivity index (χ2v) is 19.0. The summed E-state index contributed by atoms with van der Waals surface area (Å²) in [7, 11) is 3.34. The van der Waals surface area contributed by atoms with Crippen LogP contribution in [0.25, 0.3) is 0 Å². The minimum Gasteiger partial charge on any atom is -0.382 e. The minimum absolute atomic E-state index is 0.125. The topological polar surface area (TPSA) is 55.4 Å². The Morgan fingerprint density at radius 1 is 0.595 bits per heavy atom. The summed E-state index contributed by atoms with van der Waals surface area (Å²) in [6.07, 6.45) is 0. The zero-order chi connectivity index (χ0) is 26.1. The van der Waals surface area contributed by atoms with Gasteiger partial charge in [-0.05, 0) is 0 Å². The van der Waals surface area contributed by atoms with Gasteiger partial charge in [0.25, 0.3) is 0 Å². The number of rotatable bonds is 14. The van der Waals surface area contributed by atoms with Crippen LogP contribution in [0.2, 0.25) is 0 Å². The van der Waals surface area contributed by atoms with Crippen molar-refractivity contribution in [2.45, 2.75) is 24.3 Å². The van der Waals surface area contributed by atoms with Crippen LogP contribution in [0.4, 0.5) is 0 Å². The molecule has 0 bridgehead atoms. The van der Waals surface area contributed by atoms with Crippen LogP contribution < -0.4 is 0 Å². The summed E-state index contributed by atoms with van der Waals surface area (Å²) in [5.74, 6) is 1.86. The number of ether oxygens (including phenoxy) is 6. The molecule has 210 valence electrons. The number of thioether (sulfide) groups is 8. The number of hydrogen-bond acceptors (Lipinski definition) is 14. The van der Waals surface area contributed by atoms with Gasteiger partial charge in [0.2, 0.25) is 0 Å². The van der Waals surface area contributed by atoms with Gasteiger partial charge in [-0.1, -0.05) is 60.9 Å². The van der Waals surface area contributed by atoms with Gasteiger partial charge in [0.1, 0.15) is 13.6 Å². The van der Waals surface area contributed by atoms with E-state index in [1.54, 1.807) is 14.2 Å². The predicted octanol–water partition coefficient (Wildman–Crippen LogP) is 7.32. The Hall–Kier alpha value is 1.78. The highest BCUT2D eigenvalue weighted by Gasteiger charge is 2.40. The first-order valence-electron chi connectivity index (χ1n) is 11.9. The molecule has 14 heteroatoms. The van der Waals surface area contributed by atoms with E-state index in [0.717, 1.165) is 11.5 Å². The maximum absolute atomic E-state index is 5.97. The van der Waals surface area contributed by atoms with Crippen LogP contribution in [-0.2, 0) is 28.4 Å². The van der Waals surface area contributed by atoms with Crippen molar-refractivity contribution in [1.82, 2.24) is 0 Å². The van der Waals surface area contributed by atoms with E-state index >= 15 is 0 Å². The molecule has 0 spiro atoms. The van der Waals surface area contributed by atoms with Gasteiger partial charge in [-0.3, -0.25) is 0 Å². The van der Waals surface area contributed by atoms with Gasteiger partial charge in [-0.15, -0.1) is 47.0 Å². The van der Waals surface area contributed by atoms with Crippen molar-refractivity contribution in [2.24, 2.45) is 5.41 Å². The quantitative estimate of drug-likeness (QED) is 0.138. The first-order chi connectivity index (χ1) is 18.0. The fraction of sp³-hybridized carbons (Fsp3) is 0.739. The molecule has 0 saturated carbocycles. The molecule has 4 heterocycles. The molecule has 6 nitrogen and oxygen atoms in total. The molecule has 0 radical (unpaired) electrons. The van der Waals surface area contributed by atoms with Gasteiger partial charge in [-0.2, -0.15) is 0 Å². The molecule has 4 aliphatic heterocycles. The van der Waals surface area contributed by atoms with Gasteiger partial charge in [0.05, 0.1) is 65.1 Å². The summed E-state index contributed by atoms with van der Waals surface area (Å²) >= 11 is 15.8. The van der Waals surface area contributed by atoms with Crippen LogP contribution in [-0.4, -0.2) is 89.5 Å². The average molecular weight is 663 g/mol. The van der Waals surface area contributed by atoms with E-state index in [1.165, 1.54) is 25.4 Å². The third-order valence-electron chi connectivity index (χ3n) is 5.52. The highest BCUT2D eigenvalue weighted by atomic mass is 32.3. The van der Waals surface area contributed by atoms with Crippen molar-refractivity contribution < 1.29 is 28.4 Å². The Morgan fingerprint density at radius 3 is 1.46 bits per heavy atom. The molecule has 0 saturated heterocycles. The van der Waals surface area contributed by atoms with Gasteiger partial charge in [0, 0.05) is 41.6 Å². The summed E-state index contributed by atoms with van der Waals surface area (Å²) in [5.41, 5.74) is -0.125. The average Bonchev–Trinajstić information content (AvgIpc) is 3.45. The zero-order valence-electron chi connectivity index (χ0n) is 21.4. The van der Waals surface area contributed by atoms with Crippen molar-refractivity contribution in [3.05, 3.63) is 25.4 Å². The SMILES string of the molecule is COCCOCOCC1(COCOCCOC)CSC2=C(SC1)SC(=C1SC3=C(S1)S[C@@H](C)[C@H](C)S3)S2. The minimum atomic E-state index is -0.125. The Morgan fingerprint density at radius 2 is 1.03 bits per heavy atom. The van der Waals surface area contributed by atoms with Gasteiger partial charge in [0.15, 0.2) is 0 Å². The lowest BCUT2D eigenvalue weighted by Crippen LogP contribution is -2.38. The van der Waals surface area contributed by atoms with Gasteiger partial charge < -0.3 is 28.4 Å². The fourth-order valence-corrected chi connectivity index (χ4v) is 16.4. The molecule has 0 aromatic carbocycles. The van der Waals surface area contributed by atoms with E-state index in [1.807, 2.05) is 94.1 Å². The molecule has 0 amide bonds. The molecule has 37 heavy (non-hydrogen) atoms. The molecule has 4 rings (SSSR count). The number of methoxy groups -OCH3 is 2. The van der Waals surface area contributed by atoms with Crippen molar-refractivity contribution in [3.8, 4) is 0 Å². The Kier molecular flexibility index (Phi) is 14.1. The molecular formula is C23H34O6S8. The van der Waals surface area contributed by atoms with Crippen LogP contribution >= 0.6 is 94.1 Å². The Bertz CT molecular complexity index is 802. The van der Waals surface area contributed by atoms with E-state index in [0.29, 0.717) is 50.1 Å². The van der Waals surface area contributed by atoms with Crippen LogP contribution in [0, 0.1) is 5.41 Å². The molecule has 0 aliphatic carbocycles. The summed E-state index contributed by atoms with van der Waals surface area (Å²) < 4.78 is 41.8. The van der Waals surface area contributed by atoms with E-state index in [4.69, 9.17) is 28.4 Å². The third kappa shape index (κ3) is 9.39. The summed E-state index contributed by atoms with van der Waals surface area (Å²) in [6.45, 7) is 8.55. The standard InChI is InChI=1S/C23H34O6S8/c1-15-16(2)33-20-19(32-15)36-22(37-20)21-34-17-18(35-21)31-12-23(11-30-17,9-28-13-26-7-5-24-3)10-29-14-27-8-6-25-4/h15-16H,5-14H2,1-4H3/t15-,16-/m0/s1. The smallest absolute Gasteiger partial charge is 0.146 e. The molecule has 0 aromatic heterocycles. The van der Waals surface area contributed by atoms with Crippen LogP contribution in [0.1, 0.15) is 13.8 Å². The second kappa shape index (κ2) is 16.4. The van der Waals surface area contributed by atoms with Crippen molar-refractivity contribution in [2.75, 3.05) is 79.0 Å². The van der Waals surface area contributed by atoms with Crippen molar-refractivity contribution in [3.63, 3.8) is 0 Å². The predicted molar refractivity (Wildman–Crippen MR) is 170 cm³/mol. The Labute approximate surface area is 254 Å². The lowest BCUT2D eigenvalue weighted by Gasteiger charge is -2.31. The lowest BCUT2D eigenvalue weighted by atomic mass is 9.95. The summed E-state index contributed by atoms with van der Waals surface area (Å²) in [4.78, 5) is 0.